The van der Waals surface area contributed by atoms with E-state index in [0.717, 1.165) is 24.3 Å². The highest BCUT2D eigenvalue weighted by molar-refractivity contribution is 6.33. The zero-order valence-corrected chi connectivity index (χ0v) is 11.8. The van der Waals surface area contributed by atoms with E-state index in [4.69, 9.17) is 11.6 Å². The number of hydrogen-bond donors (Lipinski definition) is 2. The molecule has 1 aromatic heterocycles. The first-order valence-electron chi connectivity index (χ1n) is 5.99. The number of nitrogens with zero attached hydrogens (tertiary/aromatic N) is 1. The Kier molecular flexibility index (Phi) is 4.60. The Morgan fingerprint density at radius 1 is 0.826 bits per heavy atom. The minimum atomic E-state index is -4.57. The van der Waals surface area contributed by atoms with Crippen LogP contribution >= 0.6 is 11.6 Å². The number of nitrogens with one attached hydrogen (secondary N) is 2. The highest BCUT2D eigenvalue weighted by Crippen LogP contribution is 2.32. The molecule has 1 heterocycles. The molecule has 0 saturated carbocycles. The Labute approximate surface area is 131 Å². The Morgan fingerprint density at radius 2 is 1.39 bits per heavy atom. The van der Waals surface area contributed by atoms with E-state index in [1.807, 2.05) is 0 Å². The van der Waals surface area contributed by atoms with Crippen molar-refractivity contribution in [3.63, 3.8) is 0 Å². The molecule has 0 radical (unpaired) electrons. The highest BCUT2D eigenvalue weighted by Gasteiger charge is 2.32. The standard InChI is InChI=1S/C13H8ClF6N3/c14-10-5-8(13(18,19)20)6-21-11(10)23-22-9-3-1-7(2-4-9)12(15,16)17/h1-6,22H,(H,21,23). The van der Waals surface area contributed by atoms with Crippen LogP contribution in [0.25, 0.3) is 0 Å². The van der Waals surface area contributed by atoms with Gasteiger partial charge in [0, 0.05) is 6.20 Å². The largest absolute Gasteiger partial charge is 0.417 e. The average Bonchev–Trinajstić information content (AvgIpc) is 2.44. The van der Waals surface area contributed by atoms with Crippen molar-refractivity contribution in [3.8, 4) is 0 Å². The number of hydrogen-bond acceptors (Lipinski definition) is 3. The van der Waals surface area contributed by atoms with E-state index < -0.39 is 23.5 Å². The fraction of sp³-hybridized carbons (Fsp3) is 0.154. The predicted octanol–water partition coefficient (Wildman–Crippen LogP) is 5.21. The lowest BCUT2D eigenvalue weighted by Gasteiger charge is -2.13. The van der Waals surface area contributed by atoms with Gasteiger partial charge in [-0.05, 0) is 30.3 Å². The van der Waals surface area contributed by atoms with Gasteiger partial charge >= 0.3 is 12.4 Å². The summed E-state index contributed by atoms with van der Waals surface area (Å²) in [6.45, 7) is 0. The SMILES string of the molecule is FC(F)(F)c1ccc(NNc2ncc(C(F)(F)F)cc2Cl)cc1. The summed E-state index contributed by atoms with van der Waals surface area (Å²) in [5.41, 5.74) is 3.33. The second-order valence-corrected chi connectivity index (χ2v) is 4.78. The van der Waals surface area contributed by atoms with E-state index in [0.29, 0.717) is 12.3 Å². The van der Waals surface area contributed by atoms with Gasteiger partial charge in [0.05, 0.1) is 21.8 Å². The van der Waals surface area contributed by atoms with Crippen LogP contribution in [0.3, 0.4) is 0 Å². The second-order valence-electron chi connectivity index (χ2n) is 4.38. The summed E-state index contributed by atoms with van der Waals surface area (Å²) in [6, 6.07) is 4.69. The smallest absolute Gasteiger partial charge is 0.300 e. The number of hydrazine groups is 1. The van der Waals surface area contributed by atoms with Crippen LogP contribution in [0.4, 0.5) is 37.8 Å². The minimum absolute atomic E-state index is 0.0976. The van der Waals surface area contributed by atoms with Crippen LogP contribution in [-0.2, 0) is 12.4 Å². The van der Waals surface area contributed by atoms with Gasteiger partial charge in [-0.1, -0.05) is 11.6 Å². The molecule has 0 fully saturated rings. The fourth-order valence-corrected chi connectivity index (χ4v) is 1.77. The molecule has 0 bridgehead atoms. The van der Waals surface area contributed by atoms with Gasteiger partial charge < -0.3 is 0 Å². The monoisotopic (exact) mass is 355 g/mol. The first-order chi connectivity index (χ1) is 10.6. The Morgan fingerprint density at radius 3 is 1.87 bits per heavy atom. The summed E-state index contributed by atoms with van der Waals surface area (Å²) in [5, 5.41) is -0.292. The summed E-state index contributed by atoms with van der Waals surface area (Å²) in [4.78, 5) is 3.51. The number of anilines is 2. The third kappa shape index (κ3) is 4.41. The first-order valence-corrected chi connectivity index (χ1v) is 6.37. The van der Waals surface area contributed by atoms with Crippen LogP contribution < -0.4 is 10.9 Å². The van der Waals surface area contributed by atoms with Crippen LogP contribution in [-0.4, -0.2) is 4.98 Å². The maximum Gasteiger partial charge on any atom is 0.417 e. The number of halogens is 7. The molecule has 0 spiro atoms. The summed E-state index contributed by atoms with van der Waals surface area (Å²) in [5.74, 6) is -0.0976. The molecule has 2 N–H and O–H groups in total. The molecule has 124 valence electrons. The van der Waals surface area contributed by atoms with Crippen LogP contribution in [0.5, 0.6) is 0 Å². The van der Waals surface area contributed by atoms with Crippen molar-refractivity contribution in [2.24, 2.45) is 0 Å². The summed E-state index contributed by atoms with van der Waals surface area (Å²) in [6.07, 6.45) is -8.44. The molecule has 0 saturated heterocycles. The van der Waals surface area contributed by atoms with Crippen molar-refractivity contribution >= 4 is 23.1 Å². The van der Waals surface area contributed by atoms with E-state index in [2.05, 4.69) is 15.8 Å². The zero-order chi connectivity index (χ0) is 17.3. The third-order valence-corrected chi connectivity index (χ3v) is 2.99. The van der Waals surface area contributed by atoms with E-state index in [-0.39, 0.29) is 16.5 Å². The molecule has 0 aliphatic carbocycles. The van der Waals surface area contributed by atoms with Crippen LogP contribution in [0.1, 0.15) is 11.1 Å². The van der Waals surface area contributed by atoms with Crippen LogP contribution in [0.2, 0.25) is 5.02 Å². The van der Waals surface area contributed by atoms with Gasteiger partial charge in [-0.3, -0.25) is 10.9 Å². The molecule has 0 atom stereocenters. The normalized spacial score (nSPS) is 12.1. The molecule has 1 aromatic carbocycles. The van der Waals surface area contributed by atoms with Crippen molar-refractivity contribution in [2.75, 3.05) is 10.9 Å². The van der Waals surface area contributed by atoms with Gasteiger partial charge in [-0.2, -0.15) is 26.3 Å². The van der Waals surface area contributed by atoms with Gasteiger partial charge in [0.15, 0.2) is 5.82 Å². The first kappa shape index (κ1) is 17.2. The lowest BCUT2D eigenvalue weighted by Crippen LogP contribution is -2.12. The summed E-state index contributed by atoms with van der Waals surface area (Å²) < 4.78 is 74.6. The maximum absolute atomic E-state index is 12.5. The predicted molar refractivity (Wildman–Crippen MR) is 72.9 cm³/mol. The van der Waals surface area contributed by atoms with Gasteiger partial charge in [-0.25, -0.2) is 4.98 Å². The molecule has 0 amide bonds. The van der Waals surface area contributed by atoms with Crippen LogP contribution in [0, 0.1) is 0 Å². The molecular weight excluding hydrogens is 348 g/mol. The average molecular weight is 356 g/mol. The van der Waals surface area contributed by atoms with Crippen molar-refractivity contribution in [3.05, 3.63) is 52.7 Å². The number of pyridine rings is 1. The lowest BCUT2D eigenvalue weighted by molar-refractivity contribution is -0.138. The van der Waals surface area contributed by atoms with Gasteiger partial charge in [0.1, 0.15) is 0 Å². The second kappa shape index (κ2) is 6.15. The van der Waals surface area contributed by atoms with Gasteiger partial charge in [0.25, 0.3) is 0 Å². The van der Waals surface area contributed by atoms with Crippen molar-refractivity contribution in [2.45, 2.75) is 12.4 Å². The number of rotatable bonds is 3. The number of alkyl halides is 6. The Balaban J connectivity index is 2.06. The van der Waals surface area contributed by atoms with Crippen molar-refractivity contribution in [1.82, 2.24) is 4.98 Å². The van der Waals surface area contributed by atoms with E-state index in [9.17, 15) is 26.3 Å². The lowest BCUT2D eigenvalue weighted by atomic mass is 10.2. The van der Waals surface area contributed by atoms with Crippen LogP contribution in [0.15, 0.2) is 36.5 Å². The molecule has 3 nitrogen and oxygen atoms in total. The summed E-state index contributed by atoms with van der Waals surface area (Å²) in [7, 11) is 0. The maximum atomic E-state index is 12.5. The van der Waals surface area contributed by atoms with Gasteiger partial charge in [0.2, 0.25) is 0 Å². The number of benzene rings is 1. The van der Waals surface area contributed by atoms with Crippen molar-refractivity contribution in [1.29, 1.82) is 0 Å². The van der Waals surface area contributed by atoms with Gasteiger partial charge in [-0.15, -0.1) is 0 Å². The van der Waals surface area contributed by atoms with E-state index in [1.165, 1.54) is 0 Å². The Hall–Kier alpha value is -2.16. The molecule has 0 aliphatic rings. The molecule has 23 heavy (non-hydrogen) atoms. The third-order valence-electron chi connectivity index (χ3n) is 2.71. The number of aromatic nitrogens is 1. The molecular formula is C13H8ClF6N3. The fourth-order valence-electron chi connectivity index (χ4n) is 1.56. The highest BCUT2D eigenvalue weighted by atomic mass is 35.5. The topological polar surface area (TPSA) is 37.0 Å². The molecule has 0 unspecified atom stereocenters. The molecule has 2 aromatic rings. The minimum Gasteiger partial charge on any atom is -0.300 e. The zero-order valence-electron chi connectivity index (χ0n) is 11.1. The summed E-state index contributed by atoms with van der Waals surface area (Å²) >= 11 is 5.67. The quantitative estimate of drug-likeness (QED) is 0.586. The molecule has 0 aliphatic heterocycles. The molecule has 10 heteroatoms. The Bertz CT molecular complexity index is 682. The van der Waals surface area contributed by atoms with E-state index >= 15 is 0 Å². The van der Waals surface area contributed by atoms with Crippen molar-refractivity contribution < 1.29 is 26.3 Å². The van der Waals surface area contributed by atoms with E-state index in [1.54, 1.807) is 0 Å². The molecule has 2 rings (SSSR count).